The Morgan fingerprint density at radius 2 is 2.04 bits per heavy atom. The molecule has 0 aromatic carbocycles. The fraction of sp³-hybridized carbons (Fsp3) is 0.800. The molecule has 152 valence electrons. The summed E-state index contributed by atoms with van der Waals surface area (Å²) in [6, 6.07) is 0. The third kappa shape index (κ3) is 4.05. The first-order chi connectivity index (χ1) is 12.8. The van der Waals surface area contributed by atoms with Crippen molar-refractivity contribution in [2.75, 3.05) is 26.2 Å². The maximum atomic E-state index is 13.3. The van der Waals surface area contributed by atoms with Crippen LogP contribution in [0.25, 0.3) is 0 Å². The van der Waals surface area contributed by atoms with Gasteiger partial charge >= 0.3 is 0 Å². The third-order valence-electron chi connectivity index (χ3n) is 5.89. The molecule has 2 aliphatic rings. The van der Waals surface area contributed by atoms with Crippen LogP contribution in [-0.2, 0) is 18.2 Å². The lowest BCUT2D eigenvalue weighted by Crippen LogP contribution is -2.57. The van der Waals surface area contributed by atoms with Gasteiger partial charge in [-0.15, -0.1) is 0 Å². The summed E-state index contributed by atoms with van der Waals surface area (Å²) in [5.74, 6) is 0.572. The minimum Gasteiger partial charge on any atom is -0.394 e. The van der Waals surface area contributed by atoms with E-state index in [1.807, 2.05) is 25.8 Å². The Morgan fingerprint density at radius 1 is 1.37 bits per heavy atom. The van der Waals surface area contributed by atoms with Gasteiger partial charge in [-0.25, -0.2) is 0 Å². The standard InChI is InChI=1S/C20H34N4O3/c1-13(2)11-21-20(12-25)6-8-24(9-7-20)19(26)18-16-10-14(3)27-15(4)17(16)22-23(18)5/h13-15,21,25H,6-12H2,1-5H3/t14-,15+/m1/s1. The van der Waals surface area contributed by atoms with E-state index in [4.69, 9.17) is 4.74 Å². The average Bonchev–Trinajstić information content (AvgIpc) is 2.96. The Labute approximate surface area is 162 Å². The summed E-state index contributed by atoms with van der Waals surface area (Å²) in [6.45, 7) is 10.6. The second-order valence-corrected chi connectivity index (χ2v) is 8.63. The number of aliphatic hydroxyl groups is 1. The number of aromatic nitrogens is 2. The van der Waals surface area contributed by atoms with Crippen LogP contribution in [0.2, 0.25) is 0 Å². The quantitative estimate of drug-likeness (QED) is 0.815. The highest BCUT2D eigenvalue weighted by Gasteiger charge is 2.38. The average molecular weight is 379 g/mol. The summed E-state index contributed by atoms with van der Waals surface area (Å²) in [7, 11) is 1.84. The number of carbonyl (C=O) groups excluding carboxylic acids is 1. The Hall–Kier alpha value is -1.44. The number of nitrogens with zero attached hydrogens (tertiary/aromatic N) is 3. The smallest absolute Gasteiger partial charge is 0.272 e. The van der Waals surface area contributed by atoms with Crippen LogP contribution in [0.4, 0.5) is 0 Å². The van der Waals surface area contributed by atoms with Crippen LogP contribution >= 0.6 is 0 Å². The first kappa shape index (κ1) is 20.3. The van der Waals surface area contributed by atoms with Crippen LogP contribution in [0, 0.1) is 5.92 Å². The van der Waals surface area contributed by atoms with Crippen LogP contribution < -0.4 is 5.32 Å². The van der Waals surface area contributed by atoms with Gasteiger partial charge in [-0.2, -0.15) is 5.10 Å². The predicted molar refractivity (Wildman–Crippen MR) is 104 cm³/mol. The van der Waals surface area contributed by atoms with Crippen LogP contribution in [0.5, 0.6) is 0 Å². The Kier molecular flexibility index (Phi) is 5.93. The molecule has 0 bridgehead atoms. The normalized spacial score (nSPS) is 24.9. The summed E-state index contributed by atoms with van der Waals surface area (Å²) in [5, 5.41) is 18.0. The zero-order valence-corrected chi connectivity index (χ0v) is 17.3. The van der Waals surface area contributed by atoms with Crippen molar-refractivity contribution in [1.29, 1.82) is 0 Å². The van der Waals surface area contributed by atoms with Crippen LogP contribution in [0.3, 0.4) is 0 Å². The van der Waals surface area contributed by atoms with E-state index in [9.17, 15) is 9.90 Å². The highest BCUT2D eigenvalue weighted by molar-refractivity contribution is 5.94. The SMILES string of the molecule is CC(C)CNC1(CO)CCN(C(=O)c2c3c(nn2C)[C@H](C)O[C@H](C)C3)CC1. The van der Waals surface area contributed by atoms with Crippen molar-refractivity contribution in [2.45, 2.75) is 64.7 Å². The zero-order chi connectivity index (χ0) is 19.8. The molecule has 7 heteroatoms. The molecule has 0 aliphatic carbocycles. The van der Waals surface area contributed by atoms with Crippen molar-refractivity contribution in [3.8, 4) is 0 Å². The molecular formula is C20H34N4O3. The van der Waals surface area contributed by atoms with Gasteiger partial charge < -0.3 is 20.1 Å². The first-order valence-electron chi connectivity index (χ1n) is 10.1. The van der Waals surface area contributed by atoms with E-state index >= 15 is 0 Å². The number of hydrogen-bond acceptors (Lipinski definition) is 5. The summed E-state index contributed by atoms with van der Waals surface area (Å²) in [6.07, 6.45) is 2.25. The third-order valence-corrected chi connectivity index (χ3v) is 5.89. The highest BCUT2D eigenvalue weighted by Crippen LogP contribution is 2.32. The topological polar surface area (TPSA) is 79.6 Å². The number of nitrogens with one attached hydrogen (secondary N) is 1. The van der Waals surface area contributed by atoms with Gasteiger partial charge in [-0.1, -0.05) is 13.8 Å². The van der Waals surface area contributed by atoms with E-state index in [1.165, 1.54) is 0 Å². The van der Waals surface area contributed by atoms with Crippen LogP contribution in [0.15, 0.2) is 0 Å². The van der Waals surface area contributed by atoms with Crippen LogP contribution in [-0.4, -0.2) is 63.6 Å². The van der Waals surface area contributed by atoms with E-state index < -0.39 is 0 Å². The van der Waals surface area contributed by atoms with E-state index in [0.717, 1.165) is 37.1 Å². The molecular weight excluding hydrogens is 344 g/mol. The number of fused-ring (bicyclic) bond motifs is 1. The minimum atomic E-state index is -0.274. The van der Waals surface area contributed by atoms with E-state index in [-0.39, 0.29) is 30.3 Å². The van der Waals surface area contributed by atoms with Gasteiger partial charge in [0.1, 0.15) is 5.69 Å². The number of rotatable bonds is 5. The van der Waals surface area contributed by atoms with Gasteiger partial charge in [0.25, 0.3) is 5.91 Å². The van der Waals surface area contributed by atoms with Crippen molar-refractivity contribution in [1.82, 2.24) is 20.0 Å². The molecule has 1 amide bonds. The molecule has 2 aliphatic heterocycles. The van der Waals surface area contributed by atoms with E-state index in [0.29, 0.717) is 24.7 Å². The van der Waals surface area contributed by atoms with Crippen molar-refractivity contribution >= 4 is 5.91 Å². The number of amides is 1. The van der Waals surface area contributed by atoms with Gasteiger partial charge in [0.15, 0.2) is 0 Å². The maximum absolute atomic E-state index is 13.3. The molecule has 7 nitrogen and oxygen atoms in total. The second kappa shape index (κ2) is 7.89. The lowest BCUT2D eigenvalue weighted by atomic mass is 9.87. The second-order valence-electron chi connectivity index (χ2n) is 8.63. The molecule has 1 fully saturated rings. The summed E-state index contributed by atoms with van der Waals surface area (Å²) >= 11 is 0. The fourth-order valence-corrected chi connectivity index (χ4v) is 4.23. The molecule has 1 aromatic heterocycles. The van der Waals surface area contributed by atoms with Gasteiger partial charge in [-0.05, 0) is 39.2 Å². The maximum Gasteiger partial charge on any atom is 0.272 e. The number of aryl methyl sites for hydroxylation is 1. The summed E-state index contributed by atoms with van der Waals surface area (Å²) in [4.78, 5) is 15.2. The number of likely N-dealkylation sites (tertiary alicyclic amines) is 1. The lowest BCUT2D eigenvalue weighted by molar-refractivity contribution is -0.00717. The molecule has 0 unspecified atom stereocenters. The lowest BCUT2D eigenvalue weighted by Gasteiger charge is -2.42. The molecule has 3 rings (SSSR count). The van der Waals surface area contributed by atoms with Crippen molar-refractivity contribution < 1.29 is 14.6 Å². The van der Waals surface area contributed by atoms with Gasteiger partial charge in [0.05, 0.1) is 24.5 Å². The Morgan fingerprint density at radius 3 is 2.63 bits per heavy atom. The fourth-order valence-electron chi connectivity index (χ4n) is 4.23. The number of aliphatic hydroxyl groups excluding tert-OH is 1. The predicted octanol–water partition coefficient (Wildman–Crippen LogP) is 1.65. The van der Waals surface area contributed by atoms with Crippen molar-refractivity contribution in [2.24, 2.45) is 13.0 Å². The van der Waals surface area contributed by atoms with E-state index in [2.05, 4.69) is 24.3 Å². The van der Waals surface area contributed by atoms with Crippen molar-refractivity contribution in [3.63, 3.8) is 0 Å². The molecule has 1 saturated heterocycles. The van der Waals surface area contributed by atoms with E-state index in [1.54, 1.807) is 4.68 Å². The molecule has 0 spiro atoms. The first-order valence-corrected chi connectivity index (χ1v) is 10.1. The number of piperidine rings is 1. The Balaban J connectivity index is 1.73. The van der Waals surface area contributed by atoms with Gasteiger partial charge in [0.2, 0.25) is 0 Å². The molecule has 2 atom stereocenters. The minimum absolute atomic E-state index is 0.0444. The molecule has 2 N–H and O–H groups in total. The largest absolute Gasteiger partial charge is 0.394 e. The highest BCUT2D eigenvalue weighted by atomic mass is 16.5. The summed E-state index contributed by atoms with van der Waals surface area (Å²) in [5.41, 5.74) is 2.34. The van der Waals surface area contributed by atoms with Crippen LogP contribution in [0.1, 0.15) is 68.4 Å². The zero-order valence-electron chi connectivity index (χ0n) is 17.3. The molecule has 27 heavy (non-hydrogen) atoms. The number of hydrogen-bond donors (Lipinski definition) is 2. The molecule has 3 heterocycles. The molecule has 1 aromatic rings. The Bertz CT molecular complexity index is 677. The van der Waals surface area contributed by atoms with Gasteiger partial charge in [0, 0.05) is 37.7 Å². The molecule has 0 radical (unpaired) electrons. The number of ether oxygens (including phenoxy) is 1. The number of carbonyl (C=O) groups is 1. The van der Waals surface area contributed by atoms with Gasteiger partial charge in [-0.3, -0.25) is 9.48 Å². The van der Waals surface area contributed by atoms with Crippen molar-refractivity contribution in [3.05, 3.63) is 17.0 Å². The molecule has 0 saturated carbocycles. The monoisotopic (exact) mass is 378 g/mol. The summed E-state index contributed by atoms with van der Waals surface area (Å²) < 4.78 is 7.58.